The van der Waals surface area contributed by atoms with Gasteiger partial charge in [0.05, 0.1) is 5.60 Å². The molecule has 3 atom stereocenters. The Hall–Kier alpha value is -0.570. The highest BCUT2D eigenvalue weighted by molar-refractivity contribution is 5.79. The minimum Gasteiger partial charge on any atom is -0.388 e. The molecule has 3 heteroatoms. The van der Waals surface area contributed by atoms with Gasteiger partial charge in [-0.05, 0) is 38.5 Å². The number of aliphatic hydroxyl groups is 1. The zero-order valence-electron chi connectivity index (χ0n) is 10.4. The van der Waals surface area contributed by atoms with Crippen LogP contribution in [0.3, 0.4) is 0 Å². The lowest BCUT2D eigenvalue weighted by atomic mass is 9.91. The van der Waals surface area contributed by atoms with E-state index in [2.05, 4.69) is 6.92 Å². The molecule has 0 aromatic rings. The third-order valence-corrected chi connectivity index (χ3v) is 4.17. The lowest BCUT2D eigenvalue weighted by Gasteiger charge is -2.38. The van der Waals surface area contributed by atoms with Gasteiger partial charge in [-0.3, -0.25) is 4.79 Å². The number of carbonyl (C=O) groups is 1. The monoisotopic (exact) mass is 225 g/mol. The Kier molecular flexibility index (Phi) is 3.24. The quantitative estimate of drug-likeness (QED) is 0.739. The van der Waals surface area contributed by atoms with Gasteiger partial charge in [0, 0.05) is 19.0 Å². The molecule has 1 saturated carbocycles. The van der Waals surface area contributed by atoms with Crippen LogP contribution in [0.25, 0.3) is 0 Å². The van der Waals surface area contributed by atoms with Crippen LogP contribution in [0.15, 0.2) is 0 Å². The second kappa shape index (κ2) is 4.36. The molecule has 16 heavy (non-hydrogen) atoms. The molecule has 1 aliphatic heterocycles. The number of hydrogen-bond acceptors (Lipinski definition) is 2. The molecule has 0 bridgehead atoms. The molecular weight excluding hydrogens is 202 g/mol. The highest BCUT2D eigenvalue weighted by atomic mass is 16.3. The lowest BCUT2D eigenvalue weighted by molar-refractivity contribution is -0.142. The molecule has 92 valence electrons. The zero-order chi connectivity index (χ0) is 11.8. The van der Waals surface area contributed by atoms with E-state index in [0.717, 1.165) is 25.8 Å². The smallest absolute Gasteiger partial charge is 0.226 e. The van der Waals surface area contributed by atoms with Crippen LogP contribution >= 0.6 is 0 Å². The summed E-state index contributed by atoms with van der Waals surface area (Å²) in [5.41, 5.74) is -0.671. The number of nitrogens with zero attached hydrogens (tertiary/aromatic N) is 1. The summed E-state index contributed by atoms with van der Waals surface area (Å²) in [6, 6.07) is 0. The highest BCUT2D eigenvalue weighted by Gasteiger charge is 2.37. The molecule has 2 rings (SSSR count). The summed E-state index contributed by atoms with van der Waals surface area (Å²) in [6.45, 7) is 5.37. The Morgan fingerprint density at radius 2 is 2.12 bits per heavy atom. The van der Waals surface area contributed by atoms with Gasteiger partial charge in [0.25, 0.3) is 0 Å². The second-order valence-corrected chi connectivity index (χ2v) is 5.87. The summed E-state index contributed by atoms with van der Waals surface area (Å²) in [6.07, 6.45) is 5.15. The van der Waals surface area contributed by atoms with Gasteiger partial charge in [0.15, 0.2) is 0 Å². The van der Waals surface area contributed by atoms with Gasteiger partial charge in [-0.15, -0.1) is 0 Å². The van der Waals surface area contributed by atoms with Crippen molar-refractivity contribution in [3.8, 4) is 0 Å². The van der Waals surface area contributed by atoms with E-state index in [0.29, 0.717) is 12.5 Å². The van der Waals surface area contributed by atoms with Crippen molar-refractivity contribution in [2.24, 2.45) is 11.8 Å². The number of rotatable bonds is 1. The summed E-state index contributed by atoms with van der Waals surface area (Å²) in [5, 5.41) is 10.0. The fraction of sp³-hybridized carbons (Fsp3) is 0.923. The topological polar surface area (TPSA) is 40.5 Å². The van der Waals surface area contributed by atoms with Crippen molar-refractivity contribution in [2.75, 3.05) is 13.1 Å². The van der Waals surface area contributed by atoms with E-state index >= 15 is 0 Å². The molecular formula is C13H23NO2. The SMILES string of the molecule is CC1CCCC1C(=O)N1CCCC(C)(O)C1. The van der Waals surface area contributed by atoms with Crippen LogP contribution in [-0.4, -0.2) is 34.6 Å². The van der Waals surface area contributed by atoms with E-state index < -0.39 is 5.60 Å². The van der Waals surface area contributed by atoms with E-state index in [-0.39, 0.29) is 11.8 Å². The van der Waals surface area contributed by atoms with Crippen molar-refractivity contribution in [1.29, 1.82) is 0 Å². The van der Waals surface area contributed by atoms with Crippen LogP contribution in [0, 0.1) is 11.8 Å². The first-order valence-electron chi connectivity index (χ1n) is 6.51. The summed E-state index contributed by atoms with van der Waals surface area (Å²) in [4.78, 5) is 14.2. The summed E-state index contributed by atoms with van der Waals surface area (Å²) < 4.78 is 0. The van der Waals surface area contributed by atoms with Crippen LogP contribution in [0.1, 0.15) is 46.0 Å². The third kappa shape index (κ3) is 2.40. The first-order chi connectivity index (χ1) is 7.49. The van der Waals surface area contributed by atoms with E-state index in [1.54, 1.807) is 0 Å². The molecule has 0 radical (unpaired) electrons. The van der Waals surface area contributed by atoms with Crippen LogP contribution in [0.5, 0.6) is 0 Å². The van der Waals surface area contributed by atoms with Crippen molar-refractivity contribution < 1.29 is 9.90 Å². The number of hydrogen-bond donors (Lipinski definition) is 1. The van der Waals surface area contributed by atoms with Gasteiger partial charge in [-0.25, -0.2) is 0 Å². The number of amides is 1. The van der Waals surface area contributed by atoms with Crippen molar-refractivity contribution in [1.82, 2.24) is 4.90 Å². The van der Waals surface area contributed by atoms with Crippen LogP contribution in [-0.2, 0) is 4.79 Å². The Labute approximate surface area is 97.8 Å². The molecule has 1 saturated heterocycles. The van der Waals surface area contributed by atoms with Crippen LogP contribution in [0.2, 0.25) is 0 Å². The molecule has 2 aliphatic rings. The fourth-order valence-corrected chi connectivity index (χ4v) is 3.15. The number of carbonyl (C=O) groups excluding carboxylic acids is 1. The standard InChI is InChI=1S/C13H23NO2/c1-10-5-3-6-11(10)12(15)14-8-4-7-13(2,16)9-14/h10-11,16H,3-9H2,1-2H3. The molecule has 0 spiro atoms. The molecule has 2 fully saturated rings. The van der Waals surface area contributed by atoms with Gasteiger partial charge in [0.1, 0.15) is 0 Å². The maximum absolute atomic E-state index is 12.3. The number of likely N-dealkylation sites (tertiary alicyclic amines) is 1. The van der Waals surface area contributed by atoms with E-state index in [1.807, 2.05) is 11.8 Å². The molecule has 3 nitrogen and oxygen atoms in total. The zero-order valence-corrected chi connectivity index (χ0v) is 10.4. The van der Waals surface area contributed by atoms with Gasteiger partial charge in [-0.1, -0.05) is 13.3 Å². The lowest BCUT2D eigenvalue weighted by Crippen LogP contribution is -2.50. The molecule has 0 aromatic carbocycles. The second-order valence-electron chi connectivity index (χ2n) is 5.87. The Morgan fingerprint density at radius 1 is 1.38 bits per heavy atom. The predicted molar refractivity (Wildman–Crippen MR) is 62.9 cm³/mol. The fourth-order valence-electron chi connectivity index (χ4n) is 3.15. The maximum atomic E-state index is 12.3. The minimum atomic E-state index is -0.671. The predicted octanol–water partition coefficient (Wildman–Crippen LogP) is 1.80. The number of β-amino-alcohol motifs (C(OH)–C–C–N with tert-alkyl or cyclic N) is 1. The first kappa shape index (κ1) is 11.9. The van der Waals surface area contributed by atoms with Gasteiger partial charge in [-0.2, -0.15) is 0 Å². The van der Waals surface area contributed by atoms with E-state index in [1.165, 1.54) is 12.8 Å². The van der Waals surface area contributed by atoms with Gasteiger partial charge in [0.2, 0.25) is 5.91 Å². The first-order valence-corrected chi connectivity index (χ1v) is 6.51. The minimum absolute atomic E-state index is 0.217. The molecule has 1 aliphatic carbocycles. The number of piperidine rings is 1. The summed E-state index contributed by atoms with van der Waals surface area (Å²) >= 11 is 0. The van der Waals surface area contributed by atoms with E-state index in [4.69, 9.17) is 0 Å². The van der Waals surface area contributed by atoms with Crippen molar-refractivity contribution in [2.45, 2.75) is 51.6 Å². The van der Waals surface area contributed by atoms with Crippen LogP contribution < -0.4 is 0 Å². The average Bonchev–Trinajstić information content (AvgIpc) is 2.62. The molecule has 3 unspecified atom stereocenters. The summed E-state index contributed by atoms with van der Waals surface area (Å²) in [7, 11) is 0. The average molecular weight is 225 g/mol. The Morgan fingerprint density at radius 3 is 2.69 bits per heavy atom. The molecule has 1 N–H and O–H groups in total. The maximum Gasteiger partial charge on any atom is 0.226 e. The molecule has 1 amide bonds. The molecule has 0 aromatic heterocycles. The van der Waals surface area contributed by atoms with E-state index in [9.17, 15) is 9.90 Å². The largest absolute Gasteiger partial charge is 0.388 e. The highest BCUT2D eigenvalue weighted by Crippen LogP contribution is 2.33. The molecule has 1 heterocycles. The Bertz CT molecular complexity index is 275. The van der Waals surface area contributed by atoms with Crippen LogP contribution in [0.4, 0.5) is 0 Å². The van der Waals surface area contributed by atoms with Crippen molar-refractivity contribution in [3.05, 3.63) is 0 Å². The van der Waals surface area contributed by atoms with Gasteiger partial charge < -0.3 is 10.0 Å². The van der Waals surface area contributed by atoms with Crippen molar-refractivity contribution in [3.63, 3.8) is 0 Å². The normalized spacial score (nSPS) is 40.1. The summed E-state index contributed by atoms with van der Waals surface area (Å²) in [5.74, 6) is 1.03. The van der Waals surface area contributed by atoms with Gasteiger partial charge >= 0.3 is 0 Å². The third-order valence-electron chi connectivity index (χ3n) is 4.17. The van der Waals surface area contributed by atoms with Crippen molar-refractivity contribution >= 4 is 5.91 Å². The Balaban J connectivity index is 1.99.